The molecule has 2 heterocycles. The van der Waals surface area contributed by atoms with Gasteiger partial charge in [0.2, 0.25) is 0 Å². The summed E-state index contributed by atoms with van der Waals surface area (Å²) in [5, 5.41) is 4.85. The van der Waals surface area contributed by atoms with E-state index in [1.54, 1.807) is 36.7 Å². The van der Waals surface area contributed by atoms with E-state index < -0.39 is 10.1 Å². The van der Waals surface area contributed by atoms with Crippen LogP contribution in [0.2, 0.25) is 0 Å². The zero-order chi connectivity index (χ0) is 20.7. The molecule has 0 N–H and O–H groups in total. The van der Waals surface area contributed by atoms with Gasteiger partial charge in [0.25, 0.3) is 10.1 Å². The van der Waals surface area contributed by atoms with E-state index in [2.05, 4.69) is 9.97 Å². The van der Waals surface area contributed by atoms with Crippen molar-refractivity contribution in [1.82, 2.24) is 19.7 Å². The monoisotopic (exact) mass is 424 g/mol. The molecule has 7 nitrogen and oxygen atoms in total. The minimum atomic E-state index is -3.71. The summed E-state index contributed by atoms with van der Waals surface area (Å²) in [5.41, 5.74) is 3.11. The van der Waals surface area contributed by atoms with Crippen LogP contribution in [0.4, 0.5) is 0 Å². The molecule has 30 heavy (non-hydrogen) atoms. The fraction of sp³-hybridized carbons (Fsp3) is 0.409. The molecule has 2 aromatic heterocycles. The highest BCUT2D eigenvalue weighted by molar-refractivity contribution is 7.86. The fourth-order valence-corrected chi connectivity index (χ4v) is 4.85. The first kappa shape index (κ1) is 19.4. The lowest BCUT2D eigenvalue weighted by Crippen LogP contribution is -2.31. The smallest absolute Gasteiger partial charge is 0.269 e. The van der Waals surface area contributed by atoms with Gasteiger partial charge in [0.1, 0.15) is 0 Å². The molecule has 0 spiro atoms. The van der Waals surface area contributed by atoms with Gasteiger partial charge in [-0.2, -0.15) is 13.5 Å². The standard InChI is InChI=1S/C22H24N4O3S/c1-15-3-7-19(8-4-15)30(27,28)29-14-16-11-18(12-16)26-13-20(21(25-26)17-5-6-17)22-23-9-2-10-24-22/h2-4,7-10,13,16-18H,5-6,11-12,14H2,1H3. The molecular weight excluding hydrogens is 400 g/mol. The molecule has 2 fully saturated rings. The van der Waals surface area contributed by atoms with Crippen LogP contribution in [0.5, 0.6) is 0 Å². The van der Waals surface area contributed by atoms with Crippen molar-refractivity contribution in [2.45, 2.75) is 49.5 Å². The quantitative estimate of drug-likeness (QED) is 0.535. The van der Waals surface area contributed by atoms with Crippen molar-refractivity contribution >= 4 is 10.1 Å². The van der Waals surface area contributed by atoms with Crippen LogP contribution in [0.15, 0.2) is 53.8 Å². The largest absolute Gasteiger partial charge is 0.296 e. The van der Waals surface area contributed by atoms with Gasteiger partial charge < -0.3 is 0 Å². The normalized spacial score (nSPS) is 21.4. The molecule has 1 aromatic carbocycles. The Kier molecular flexibility index (Phi) is 4.91. The summed E-state index contributed by atoms with van der Waals surface area (Å²) in [4.78, 5) is 8.99. The molecular formula is C22H24N4O3S. The SMILES string of the molecule is Cc1ccc(S(=O)(=O)OCC2CC(n3cc(-c4ncccn4)c(C4CC4)n3)C2)cc1. The molecule has 156 valence electrons. The van der Waals surface area contributed by atoms with Crippen molar-refractivity contribution in [3.8, 4) is 11.4 Å². The van der Waals surface area contributed by atoms with E-state index in [1.807, 2.05) is 23.9 Å². The zero-order valence-corrected chi connectivity index (χ0v) is 17.6. The molecule has 2 aliphatic rings. The first-order valence-corrected chi connectivity index (χ1v) is 11.7. The third-order valence-electron chi connectivity index (χ3n) is 5.88. The lowest BCUT2D eigenvalue weighted by molar-refractivity contribution is 0.120. The first-order valence-electron chi connectivity index (χ1n) is 10.3. The van der Waals surface area contributed by atoms with Gasteiger partial charge in [-0.25, -0.2) is 9.97 Å². The van der Waals surface area contributed by atoms with Gasteiger partial charge in [-0.3, -0.25) is 8.86 Å². The molecule has 0 aliphatic heterocycles. The van der Waals surface area contributed by atoms with E-state index in [0.29, 0.717) is 11.7 Å². The topological polar surface area (TPSA) is 87.0 Å². The van der Waals surface area contributed by atoms with E-state index in [-0.39, 0.29) is 23.5 Å². The van der Waals surface area contributed by atoms with Crippen molar-refractivity contribution in [1.29, 1.82) is 0 Å². The molecule has 3 aromatic rings. The van der Waals surface area contributed by atoms with Crippen LogP contribution >= 0.6 is 0 Å². The minimum Gasteiger partial charge on any atom is -0.269 e. The summed E-state index contributed by atoms with van der Waals surface area (Å²) in [6, 6.07) is 8.80. The lowest BCUT2D eigenvalue weighted by Gasteiger charge is -2.34. The summed E-state index contributed by atoms with van der Waals surface area (Å²) in [6.07, 6.45) is 9.58. The first-order chi connectivity index (χ1) is 14.5. The fourth-order valence-electron chi connectivity index (χ4n) is 3.87. The van der Waals surface area contributed by atoms with Gasteiger partial charge >= 0.3 is 0 Å². The third kappa shape index (κ3) is 3.89. The van der Waals surface area contributed by atoms with Crippen LogP contribution in [0.1, 0.15) is 48.9 Å². The Labute approximate surface area is 176 Å². The Morgan fingerprint density at radius 3 is 2.47 bits per heavy atom. The van der Waals surface area contributed by atoms with Crippen LogP contribution < -0.4 is 0 Å². The zero-order valence-electron chi connectivity index (χ0n) is 16.8. The van der Waals surface area contributed by atoms with Crippen molar-refractivity contribution < 1.29 is 12.6 Å². The summed E-state index contributed by atoms with van der Waals surface area (Å²) < 4.78 is 32.1. The maximum atomic E-state index is 12.4. The van der Waals surface area contributed by atoms with Gasteiger partial charge in [-0.05, 0) is 56.7 Å². The molecule has 0 bridgehead atoms. The maximum Gasteiger partial charge on any atom is 0.296 e. The van der Waals surface area contributed by atoms with Gasteiger partial charge in [0.05, 0.1) is 28.8 Å². The van der Waals surface area contributed by atoms with Crippen LogP contribution in [-0.4, -0.2) is 34.8 Å². The van der Waals surface area contributed by atoms with Crippen molar-refractivity contribution in [3.05, 3.63) is 60.2 Å². The number of aromatic nitrogens is 4. The highest BCUT2D eigenvalue weighted by Gasteiger charge is 2.36. The average molecular weight is 425 g/mol. The van der Waals surface area contributed by atoms with Crippen LogP contribution in [0.3, 0.4) is 0 Å². The number of rotatable bonds is 7. The maximum absolute atomic E-state index is 12.4. The van der Waals surface area contributed by atoms with Crippen LogP contribution in [0.25, 0.3) is 11.4 Å². The van der Waals surface area contributed by atoms with Gasteiger partial charge in [-0.15, -0.1) is 0 Å². The molecule has 8 heteroatoms. The Morgan fingerprint density at radius 1 is 1.10 bits per heavy atom. The van der Waals surface area contributed by atoms with Gasteiger partial charge in [-0.1, -0.05) is 17.7 Å². The molecule has 0 amide bonds. The molecule has 0 unspecified atom stereocenters. The van der Waals surface area contributed by atoms with Crippen molar-refractivity contribution in [2.75, 3.05) is 6.61 Å². The minimum absolute atomic E-state index is 0.206. The summed E-state index contributed by atoms with van der Waals surface area (Å²) in [7, 11) is -3.71. The second kappa shape index (κ2) is 7.59. The molecule has 0 radical (unpaired) electrons. The van der Waals surface area contributed by atoms with E-state index >= 15 is 0 Å². The Hall–Kier alpha value is -2.58. The average Bonchev–Trinajstić information content (AvgIpc) is 3.47. The molecule has 0 atom stereocenters. The number of nitrogens with zero attached hydrogens (tertiary/aromatic N) is 4. The predicted molar refractivity (Wildman–Crippen MR) is 111 cm³/mol. The lowest BCUT2D eigenvalue weighted by atomic mass is 9.81. The second-order valence-corrected chi connectivity index (χ2v) is 9.91. The Bertz CT molecular complexity index is 1130. The van der Waals surface area contributed by atoms with Crippen LogP contribution in [0, 0.1) is 12.8 Å². The summed E-state index contributed by atoms with van der Waals surface area (Å²) >= 11 is 0. The molecule has 5 rings (SSSR count). The van der Waals surface area contributed by atoms with Crippen molar-refractivity contribution in [3.63, 3.8) is 0 Å². The number of hydrogen-bond donors (Lipinski definition) is 0. The number of benzene rings is 1. The van der Waals surface area contributed by atoms with Gasteiger partial charge in [0, 0.05) is 24.5 Å². The predicted octanol–water partition coefficient (Wildman–Crippen LogP) is 3.88. The van der Waals surface area contributed by atoms with E-state index in [0.717, 1.165) is 42.5 Å². The van der Waals surface area contributed by atoms with E-state index in [9.17, 15) is 8.42 Å². The van der Waals surface area contributed by atoms with E-state index in [4.69, 9.17) is 9.28 Å². The van der Waals surface area contributed by atoms with E-state index in [1.165, 1.54) is 0 Å². The summed E-state index contributed by atoms with van der Waals surface area (Å²) in [5.74, 6) is 1.43. The van der Waals surface area contributed by atoms with Crippen molar-refractivity contribution in [2.24, 2.45) is 5.92 Å². The number of hydrogen-bond acceptors (Lipinski definition) is 6. The molecule has 2 saturated carbocycles. The molecule has 2 aliphatic carbocycles. The van der Waals surface area contributed by atoms with Crippen LogP contribution in [-0.2, 0) is 14.3 Å². The Balaban J connectivity index is 1.22. The molecule has 0 saturated heterocycles. The second-order valence-electron chi connectivity index (χ2n) is 8.30. The highest BCUT2D eigenvalue weighted by Crippen LogP contribution is 2.45. The third-order valence-corrected chi connectivity index (χ3v) is 7.18. The summed E-state index contributed by atoms with van der Waals surface area (Å²) in [6.45, 7) is 2.13. The number of aryl methyl sites for hydroxylation is 1. The Morgan fingerprint density at radius 2 is 1.80 bits per heavy atom. The highest BCUT2D eigenvalue weighted by atomic mass is 32.2. The van der Waals surface area contributed by atoms with Gasteiger partial charge in [0.15, 0.2) is 5.82 Å².